The molecule has 0 saturated carbocycles. The average Bonchev–Trinajstić information content (AvgIpc) is 3.37. The smallest absolute Gasteiger partial charge is 0.263 e. The minimum Gasteiger partial charge on any atom is -0.871 e. The zero-order valence-corrected chi connectivity index (χ0v) is 22.7. The van der Waals surface area contributed by atoms with E-state index in [-0.39, 0.29) is 17.1 Å². The standard InChI is InChI=1S/C27H25IN2O2S2/c1-29-20-10-4-6-12-22(20)33-24(29)16-18-26(31)19(27(18)32)17-25-30(15-9-3-2-8-14-28)21-11-5-7-13-23(21)34-25/h4-7,10-13,16-17H,2-3,8-9,14-15H2,1H3. The Kier molecular flexibility index (Phi) is 7.13. The van der Waals surface area contributed by atoms with Crippen LogP contribution in [-0.4, -0.2) is 16.8 Å². The molecule has 174 valence electrons. The van der Waals surface area contributed by atoms with Gasteiger partial charge in [0, 0.05) is 34.7 Å². The summed E-state index contributed by atoms with van der Waals surface area (Å²) < 4.78 is 4.37. The van der Waals surface area contributed by atoms with Gasteiger partial charge in [-0.1, -0.05) is 88.6 Å². The molecule has 2 heterocycles. The molecule has 2 aliphatic rings. The molecular weight excluding hydrogens is 575 g/mol. The molecular formula is C27H25IN2O2S2. The van der Waals surface area contributed by atoms with Gasteiger partial charge in [-0.2, -0.15) is 4.57 Å². The first-order valence-electron chi connectivity index (χ1n) is 11.5. The highest BCUT2D eigenvalue weighted by atomic mass is 127. The molecule has 7 heteroatoms. The van der Waals surface area contributed by atoms with Crippen LogP contribution in [-0.2, 0) is 11.8 Å². The van der Waals surface area contributed by atoms with E-state index < -0.39 is 0 Å². The van der Waals surface area contributed by atoms with Crippen LogP contribution in [0.25, 0.3) is 16.3 Å². The second-order valence-electron chi connectivity index (χ2n) is 8.40. The largest absolute Gasteiger partial charge is 0.871 e. The minimum atomic E-state index is -0.159. The Morgan fingerprint density at radius 2 is 1.79 bits per heavy atom. The molecule has 1 aliphatic carbocycles. The summed E-state index contributed by atoms with van der Waals surface area (Å²) in [7, 11) is 1.97. The first-order valence-corrected chi connectivity index (χ1v) is 14.6. The zero-order chi connectivity index (χ0) is 23.7. The Morgan fingerprint density at radius 1 is 1.03 bits per heavy atom. The van der Waals surface area contributed by atoms with Gasteiger partial charge in [-0.25, -0.2) is 0 Å². The number of allylic oxidation sites excluding steroid dienone is 3. The Balaban J connectivity index is 1.41. The van der Waals surface area contributed by atoms with Gasteiger partial charge in [0.2, 0.25) is 5.52 Å². The van der Waals surface area contributed by atoms with Crippen molar-refractivity contribution in [1.29, 1.82) is 0 Å². The Labute approximate surface area is 221 Å². The fourth-order valence-electron chi connectivity index (χ4n) is 4.30. The first-order chi connectivity index (χ1) is 16.6. The molecule has 0 atom stereocenters. The van der Waals surface area contributed by atoms with E-state index in [1.165, 1.54) is 34.3 Å². The SMILES string of the molecule is C[n+]1c(/C=C2/C(=O)C(/C=C3\Sc4ccccc4N3CCCCCCI)=C2[O-])sc2ccccc21. The summed E-state index contributed by atoms with van der Waals surface area (Å²) in [6.07, 6.45) is 8.33. The van der Waals surface area contributed by atoms with Crippen LogP contribution in [0.4, 0.5) is 5.69 Å². The number of aromatic nitrogens is 1. The molecule has 34 heavy (non-hydrogen) atoms. The molecule has 0 N–H and O–H groups in total. The summed E-state index contributed by atoms with van der Waals surface area (Å²) in [5.41, 5.74) is 2.83. The van der Waals surface area contributed by atoms with E-state index in [1.54, 1.807) is 29.2 Å². The highest BCUT2D eigenvalue weighted by Crippen LogP contribution is 2.47. The molecule has 0 radical (unpaired) electrons. The van der Waals surface area contributed by atoms with Crippen molar-refractivity contribution in [2.75, 3.05) is 15.9 Å². The van der Waals surface area contributed by atoms with Gasteiger partial charge in [0.15, 0.2) is 5.78 Å². The quantitative estimate of drug-likeness (QED) is 0.109. The summed E-state index contributed by atoms with van der Waals surface area (Å²) in [4.78, 5) is 16.4. The van der Waals surface area contributed by atoms with Gasteiger partial charge in [-0.05, 0) is 41.5 Å². The van der Waals surface area contributed by atoms with Crippen molar-refractivity contribution in [2.45, 2.75) is 30.6 Å². The maximum atomic E-state index is 13.0. The topological polar surface area (TPSA) is 47.2 Å². The normalized spacial score (nSPS) is 17.8. The van der Waals surface area contributed by atoms with Crippen molar-refractivity contribution in [2.24, 2.45) is 7.05 Å². The van der Waals surface area contributed by atoms with Crippen molar-refractivity contribution in [3.63, 3.8) is 0 Å². The molecule has 3 aromatic rings. The highest BCUT2D eigenvalue weighted by Gasteiger charge is 2.31. The number of anilines is 1. The number of nitrogens with zero attached hydrogens (tertiary/aromatic N) is 2. The Hall–Kier alpha value is -2.10. The monoisotopic (exact) mass is 600 g/mol. The maximum Gasteiger partial charge on any atom is 0.263 e. The molecule has 4 nitrogen and oxygen atoms in total. The molecule has 1 aromatic heterocycles. The van der Waals surface area contributed by atoms with Gasteiger partial charge >= 0.3 is 0 Å². The zero-order valence-electron chi connectivity index (χ0n) is 18.9. The average molecular weight is 601 g/mol. The third-order valence-electron chi connectivity index (χ3n) is 6.19. The lowest BCUT2D eigenvalue weighted by atomic mass is 9.88. The van der Waals surface area contributed by atoms with E-state index in [0.717, 1.165) is 33.2 Å². The van der Waals surface area contributed by atoms with Gasteiger partial charge in [-0.3, -0.25) is 4.79 Å². The Morgan fingerprint density at radius 3 is 2.59 bits per heavy atom. The van der Waals surface area contributed by atoms with Crippen LogP contribution in [0.15, 0.2) is 81.4 Å². The number of thioether (sulfide) groups is 1. The molecule has 0 bridgehead atoms. The second kappa shape index (κ2) is 10.3. The van der Waals surface area contributed by atoms with Gasteiger partial charge in [0.25, 0.3) is 5.01 Å². The molecule has 0 spiro atoms. The number of fused-ring (bicyclic) bond motifs is 2. The van der Waals surface area contributed by atoms with E-state index in [4.69, 9.17) is 0 Å². The molecule has 0 saturated heterocycles. The number of ketones is 1. The van der Waals surface area contributed by atoms with Crippen molar-refractivity contribution >= 4 is 73.5 Å². The van der Waals surface area contributed by atoms with E-state index in [9.17, 15) is 9.90 Å². The van der Waals surface area contributed by atoms with Gasteiger partial charge in [0.05, 0.1) is 10.7 Å². The van der Waals surface area contributed by atoms with Crippen molar-refractivity contribution in [1.82, 2.24) is 0 Å². The van der Waals surface area contributed by atoms with Gasteiger partial charge in [-0.15, -0.1) is 0 Å². The third kappa shape index (κ3) is 4.45. The summed E-state index contributed by atoms with van der Waals surface area (Å²) in [6, 6.07) is 16.4. The fraction of sp³-hybridized carbons (Fsp3) is 0.259. The van der Waals surface area contributed by atoms with Gasteiger partial charge in [0.1, 0.15) is 11.7 Å². The number of aryl methyl sites for hydroxylation is 1. The predicted octanol–water partition coefficient (Wildman–Crippen LogP) is 5.76. The summed E-state index contributed by atoms with van der Waals surface area (Å²) in [6.45, 7) is 0.896. The first kappa shape index (κ1) is 23.6. The number of alkyl halides is 1. The molecule has 5 rings (SSSR count). The van der Waals surface area contributed by atoms with Crippen molar-refractivity contribution in [3.8, 4) is 0 Å². The molecule has 0 fully saturated rings. The van der Waals surface area contributed by atoms with E-state index in [0.29, 0.717) is 5.57 Å². The van der Waals surface area contributed by atoms with Crippen molar-refractivity contribution in [3.05, 3.63) is 81.5 Å². The lowest BCUT2D eigenvalue weighted by Gasteiger charge is -2.29. The van der Waals surface area contributed by atoms with E-state index in [2.05, 4.69) is 45.7 Å². The lowest BCUT2D eigenvalue weighted by molar-refractivity contribution is -0.642. The number of Topliss-reactive ketones (excluding diaryl/α,β-unsaturated/α-hetero) is 1. The Bertz CT molecular complexity index is 1360. The number of hydrogen-bond acceptors (Lipinski definition) is 5. The molecule has 0 amide bonds. The summed E-state index contributed by atoms with van der Waals surface area (Å²) in [5, 5.41) is 14.9. The predicted molar refractivity (Wildman–Crippen MR) is 148 cm³/mol. The molecule has 1 aliphatic heterocycles. The maximum absolute atomic E-state index is 13.0. The lowest BCUT2D eigenvalue weighted by Crippen LogP contribution is -2.32. The van der Waals surface area contributed by atoms with E-state index >= 15 is 0 Å². The molecule has 2 aromatic carbocycles. The van der Waals surface area contributed by atoms with Crippen LogP contribution in [0.1, 0.15) is 30.7 Å². The number of thiazole rings is 1. The van der Waals surface area contributed by atoms with Crippen LogP contribution in [0.3, 0.4) is 0 Å². The number of hydrogen-bond donors (Lipinski definition) is 0. The van der Waals surface area contributed by atoms with Gasteiger partial charge < -0.3 is 10.0 Å². The van der Waals surface area contributed by atoms with Crippen LogP contribution in [0, 0.1) is 0 Å². The molecule has 0 unspecified atom stereocenters. The number of rotatable bonds is 8. The van der Waals surface area contributed by atoms with Crippen molar-refractivity contribution < 1.29 is 14.5 Å². The minimum absolute atomic E-state index is 0.159. The van der Waals surface area contributed by atoms with E-state index in [1.807, 2.05) is 48.0 Å². The number of benzene rings is 2. The number of para-hydroxylation sites is 2. The fourth-order valence-corrected chi connectivity index (χ4v) is 7.06. The summed E-state index contributed by atoms with van der Waals surface area (Å²) >= 11 is 5.66. The number of carbonyl (C=O) groups excluding carboxylic acids is 1. The third-order valence-corrected chi connectivity index (χ3v) is 9.23. The summed E-state index contributed by atoms with van der Waals surface area (Å²) in [5.74, 6) is -0.318. The number of halogens is 1. The second-order valence-corrected chi connectivity index (χ2v) is 11.6. The highest BCUT2D eigenvalue weighted by molar-refractivity contribution is 14.1. The van der Waals surface area contributed by atoms with Crippen LogP contribution < -0.4 is 14.6 Å². The number of unbranched alkanes of at least 4 members (excludes halogenated alkanes) is 3. The van der Waals surface area contributed by atoms with Crippen LogP contribution >= 0.6 is 45.7 Å². The van der Waals surface area contributed by atoms with Crippen LogP contribution in [0.2, 0.25) is 0 Å². The van der Waals surface area contributed by atoms with Crippen LogP contribution in [0.5, 0.6) is 0 Å². The number of carbonyl (C=O) groups is 1.